The number of amides is 1. The molecule has 0 aromatic carbocycles. The van der Waals surface area contributed by atoms with E-state index >= 15 is 0 Å². The number of sulfonamides is 1. The number of nitrogens with one attached hydrogen (secondary N) is 1. The maximum Gasteiger partial charge on any atom is 0.407 e. The van der Waals surface area contributed by atoms with Crippen molar-refractivity contribution in [1.29, 1.82) is 0 Å². The Labute approximate surface area is 175 Å². The van der Waals surface area contributed by atoms with Crippen molar-refractivity contribution in [1.82, 2.24) is 19.6 Å². The molecule has 0 radical (unpaired) electrons. The van der Waals surface area contributed by atoms with E-state index in [4.69, 9.17) is 4.74 Å². The van der Waals surface area contributed by atoms with E-state index in [1.54, 1.807) is 0 Å². The normalized spacial score (nSPS) is 33.7. The van der Waals surface area contributed by atoms with Crippen LogP contribution < -0.4 is 4.72 Å². The summed E-state index contributed by atoms with van der Waals surface area (Å²) < 4.78 is 45.2. The van der Waals surface area contributed by atoms with Crippen LogP contribution in [0.25, 0.3) is 0 Å². The summed E-state index contributed by atoms with van der Waals surface area (Å²) in [5, 5.41) is 9.54. The first-order valence-corrected chi connectivity index (χ1v) is 12.1. The number of halogens is 1. The Morgan fingerprint density at radius 2 is 2.13 bits per heavy atom. The topological polar surface area (TPSA) is 122 Å². The van der Waals surface area contributed by atoms with Gasteiger partial charge in [-0.1, -0.05) is 0 Å². The Morgan fingerprint density at radius 3 is 2.77 bits per heavy atom. The van der Waals surface area contributed by atoms with Crippen molar-refractivity contribution in [2.45, 2.75) is 62.1 Å². The zero-order valence-corrected chi connectivity index (χ0v) is 17.6. The van der Waals surface area contributed by atoms with Crippen LogP contribution in [0.15, 0.2) is 12.4 Å². The molecule has 1 aromatic heterocycles. The molecule has 11 heteroatoms. The molecule has 30 heavy (non-hydrogen) atoms. The molecule has 2 heterocycles. The first-order chi connectivity index (χ1) is 14.2. The number of rotatable bonds is 6. The molecule has 3 aliphatic rings. The average molecular weight is 443 g/mol. The molecule has 0 spiro atoms. The number of nitrogens with zero attached hydrogens (tertiary/aromatic N) is 3. The molecular weight excluding hydrogens is 415 g/mol. The lowest BCUT2D eigenvalue weighted by atomic mass is 9.86. The van der Waals surface area contributed by atoms with Crippen LogP contribution in [0.5, 0.6) is 0 Å². The number of hydrogen-bond donors (Lipinski definition) is 2. The van der Waals surface area contributed by atoms with Gasteiger partial charge in [-0.2, -0.15) is 0 Å². The lowest BCUT2D eigenvalue weighted by Crippen LogP contribution is -2.58. The number of aromatic nitrogens is 2. The van der Waals surface area contributed by atoms with Crippen LogP contribution in [0, 0.1) is 11.7 Å². The van der Waals surface area contributed by atoms with Crippen LogP contribution in [-0.4, -0.2) is 72.1 Å². The van der Waals surface area contributed by atoms with E-state index in [1.165, 1.54) is 17.3 Å². The van der Waals surface area contributed by atoms with Gasteiger partial charge >= 0.3 is 6.09 Å². The number of carboxylic acid groups (broad SMARTS) is 1. The van der Waals surface area contributed by atoms with Crippen molar-refractivity contribution < 1.29 is 27.4 Å². The Hall–Kier alpha value is -1.85. The number of likely N-dealkylation sites (tertiary alicyclic amines) is 1. The molecule has 4 rings (SSSR count). The monoisotopic (exact) mass is 442 g/mol. The van der Waals surface area contributed by atoms with Crippen LogP contribution in [0.4, 0.5) is 9.18 Å². The number of ether oxygens (including phenoxy) is 1. The summed E-state index contributed by atoms with van der Waals surface area (Å²) in [5.41, 5.74) is -0.0914. The van der Waals surface area contributed by atoms with Gasteiger partial charge < -0.3 is 14.7 Å². The molecule has 0 unspecified atom stereocenters. The van der Waals surface area contributed by atoms with Gasteiger partial charge in [-0.05, 0) is 44.4 Å². The molecule has 2 N–H and O–H groups in total. The maximum atomic E-state index is 13.1. The first-order valence-electron chi connectivity index (χ1n) is 10.2. The molecule has 9 nitrogen and oxygen atoms in total. The highest BCUT2D eigenvalue weighted by Gasteiger charge is 2.60. The van der Waals surface area contributed by atoms with Gasteiger partial charge in [0.05, 0.1) is 37.4 Å². The van der Waals surface area contributed by atoms with E-state index in [0.717, 1.165) is 31.9 Å². The third-order valence-electron chi connectivity index (χ3n) is 6.65. The van der Waals surface area contributed by atoms with Gasteiger partial charge in [0.2, 0.25) is 10.0 Å². The summed E-state index contributed by atoms with van der Waals surface area (Å²) in [6, 6.07) is -1.06. The van der Waals surface area contributed by atoms with E-state index in [1.807, 2.05) is 0 Å². The number of piperidine rings is 1. The minimum absolute atomic E-state index is 0.0254. The number of carbonyl (C=O) groups is 1. The molecule has 5 atom stereocenters. The fourth-order valence-electron chi connectivity index (χ4n) is 5.10. The zero-order chi connectivity index (χ0) is 21.5. The minimum atomic E-state index is -3.46. The SMILES string of the molecule is CS(=O)(=O)N[C@H]1CCCN(C(=O)O)[C@H]1CO[C@H]1CC[C@@]2(c3ncc(F)cn3)C[C@H]2C1. The van der Waals surface area contributed by atoms with Crippen molar-refractivity contribution in [2.24, 2.45) is 5.92 Å². The zero-order valence-electron chi connectivity index (χ0n) is 16.8. The standard InChI is InChI=1S/C19H27FN4O5S/c1-30(27,28)23-15-3-2-6-24(18(25)26)16(15)11-29-14-4-5-19(8-12(19)7-14)17-21-9-13(20)10-22-17/h9-10,12,14-16,23H,2-8,11H2,1H3,(H,25,26)/t12-,14+,15+,16+,19-/m1/s1. The summed E-state index contributed by atoms with van der Waals surface area (Å²) >= 11 is 0. The second-order valence-electron chi connectivity index (χ2n) is 8.69. The first kappa shape index (κ1) is 21.4. The van der Waals surface area contributed by atoms with Crippen LogP contribution in [0.2, 0.25) is 0 Å². The average Bonchev–Trinajstić information content (AvgIpc) is 3.41. The van der Waals surface area contributed by atoms with Crippen molar-refractivity contribution in [3.05, 3.63) is 24.0 Å². The fourth-order valence-corrected chi connectivity index (χ4v) is 5.93. The predicted molar refractivity (Wildman–Crippen MR) is 105 cm³/mol. The smallest absolute Gasteiger partial charge is 0.407 e. The Morgan fingerprint density at radius 1 is 1.40 bits per heavy atom. The third-order valence-corrected chi connectivity index (χ3v) is 7.38. The summed E-state index contributed by atoms with van der Waals surface area (Å²) in [5.74, 6) is 0.611. The van der Waals surface area contributed by atoms with Gasteiger partial charge in [-0.15, -0.1) is 0 Å². The van der Waals surface area contributed by atoms with Crippen LogP contribution in [0.1, 0.15) is 44.3 Å². The molecule has 2 saturated carbocycles. The molecule has 1 aliphatic heterocycles. The molecule has 1 amide bonds. The summed E-state index contributed by atoms with van der Waals surface area (Å²) in [7, 11) is -3.46. The molecular formula is C19H27FN4O5S. The molecule has 3 fully saturated rings. The second-order valence-corrected chi connectivity index (χ2v) is 10.5. The van der Waals surface area contributed by atoms with Gasteiger partial charge in [0.15, 0.2) is 5.82 Å². The largest absolute Gasteiger partial charge is 0.465 e. The Bertz CT molecular complexity index is 899. The van der Waals surface area contributed by atoms with Gasteiger partial charge in [-0.25, -0.2) is 32.3 Å². The lowest BCUT2D eigenvalue weighted by molar-refractivity contribution is -0.0240. The molecule has 1 aromatic rings. The molecule has 166 valence electrons. The van der Waals surface area contributed by atoms with Gasteiger partial charge in [0.1, 0.15) is 5.82 Å². The van der Waals surface area contributed by atoms with Crippen LogP contribution >= 0.6 is 0 Å². The van der Waals surface area contributed by atoms with Gasteiger partial charge in [-0.3, -0.25) is 0 Å². The van der Waals surface area contributed by atoms with Crippen molar-refractivity contribution in [3.8, 4) is 0 Å². The lowest BCUT2D eigenvalue weighted by Gasteiger charge is -2.40. The van der Waals surface area contributed by atoms with E-state index < -0.39 is 34.0 Å². The van der Waals surface area contributed by atoms with E-state index in [0.29, 0.717) is 31.1 Å². The number of fused-ring (bicyclic) bond motifs is 1. The molecule has 2 aliphatic carbocycles. The molecule has 0 bridgehead atoms. The number of hydrogen-bond acceptors (Lipinski definition) is 6. The summed E-state index contributed by atoms with van der Waals surface area (Å²) in [4.78, 5) is 21.3. The Balaban J connectivity index is 1.37. The summed E-state index contributed by atoms with van der Waals surface area (Å²) in [6.45, 7) is 0.514. The van der Waals surface area contributed by atoms with E-state index in [-0.39, 0.29) is 18.1 Å². The second kappa shape index (κ2) is 8.01. The third kappa shape index (κ3) is 4.42. The van der Waals surface area contributed by atoms with Crippen LogP contribution in [-0.2, 0) is 20.2 Å². The van der Waals surface area contributed by atoms with Crippen molar-refractivity contribution >= 4 is 16.1 Å². The highest BCUT2D eigenvalue weighted by molar-refractivity contribution is 7.88. The van der Waals surface area contributed by atoms with Crippen LogP contribution in [0.3, 0.4) is 0 Å². The maximum absolute atomic E-state index is 13.1. The van der Waals surface area contributed by atoms with E-state index in [9.17, 15) is 22.7 Å². The highest BCUT2D eigenvalue weighted by atomic mass is 32.2. The Kier molecular flexibility index (Phi) is 5.71. The highest BCUT2D eigenvalue weighted by Crippen LogP contribution is 2.61. The fraction of sp³-hybridized carbons (Fsp3) is 0.737. The van der Waals surface area contributed by atoms with Crippen molar-refractivity contribution in [3.63, 3.8) is 0 Å². The van der Waals surface area contributed by atoms with Crippen molar-refractivity contribution in [2.75, 3.05) is 19.4 Å². The van der Waals surface area contributed by atoms with E-state index in [2.05, 4.69) is 14.7 Å². The molecule has 1 saturated heterocycles. The summed E-state index contributed by atoms with van der Waals surface area (Å²) in [6.07, 6.45) is 6.94. The quantitative estimate of drug-likeness (QED) is 0.685. The van der Waals surface area contributed by atoms with Gasteiger partial charge in [0, 0.05) is 18.0 Å². The van der Waals surface area contributed by atoms with Gasteiger partial charge in [0.25, 0.3) is 0 Å². The predicted octanol–water partition coefficient (Wildman–Crippen LogP) is 1.50. The minimum Gasteiger partial charge on any atom is -0.465 e.